The van der Waals surface area contributed by atoms with Gasteiger partial charge in [0.15, 0.2) is 10.9 Å². The Morgan fingerprint density at radius 1 is 1.12 bits per heavy atom. The summed E-state index contributed by atoms with van der Waals surface area (Å²) in [5, 5.41) is 14.7. The van der Waals surface area contributed by atoms with Gasteiger partial charge in [0.25, 0.3) is 5.91 Å². The quantitative estimate of drug-likeness (QED) is 0.654. The highest BCUT2D eigenvalue weighted by Crippen LogP contribution is 2.33. The van der Waals surface area contributed by atoms with Crippen LogP contribution in [-0.4, -0.2) is 29.2 Å². The van der Waals surface area contributed by atoms with E-state index in [4.69, 9.17) is 45.3 Å². The Kier molecular flexibility index (Phi) is 6.42. The molecule has 3 N–H and O–H groups in total. The number of carbonyl (C=O) groups is 2. The lowest BCUT2D eigenvalue weighted by Gasteiger charge is -2.13. The maximum atomic E-state index is 12.3. The largest absolute Gasteiger partial charge is 0.494 e. The van der Waals surface area contributed by atoms with Crippen LogP contribution in [0.5, 0.6) is 5.75 Å². The summed E-state index contributed by atoms with van der Waals surface area (Å²) in [6.07, 6.45) is 0. The van der Waals surface area contributed by atoms with Crippen LogP contribution in [0, 0.1) is 6.92 Å². The van der Waals surface area contributed by atoms with Gasteiger partial charge in [-0.2, -0.15) is 0 Å². The molecule has 0 aliphatic carbocycles. The molecule has 0 spiro atoms. The molecule has 136 valence electrons. The fourth-order valence-electron chi connectivity index (χ4n) is 2.10. The molecule has 6 nitrogen and oxygen atoms in total. The summed E-state index contributed by atoms with van der Waals surface area (Å²) >= 11 is 17.2. The first kappa shape index (κ1) is 20.0. The SMILES string of the molecule is COc1c(Cl)cc(C(=O)NC(=S)Nc2cc(C(=O)O)ccc2C)cc1Cl. The van der Waals surface area contributed by atoms with E-state index >= 15 is 0 Å². The predicted octanol–water partition coefficient (Wildman–Crippen LogP) is 4.14. The maximum Gasteiger partial charge on any atom is 0.335 e. The number of amides is 1. The van der Waals surface area contributed by atoms with Crippen LogP contribution in [0.15, 0.2) is 30.3 Å². The van der Waals surface area contributed by atoms with E-state index in [2.05, 4.69) is 10.6 Å². The maximum absolute atomic E-state index is 12.3. The van der Waals surface area contributed by atoms with Gasteiger partial charge in [-0.3, -0.25) is 10.1 Å². The van der Waals surface area contributed by atoms with E-state index in [-0.39, 0.29) is 32.0 Å². The molecule has 0 saturated heterocycles. The van der Waals surface area contributed by atoms with Gasteiger partial charge >= 0.3 is 5.97 Å². The van der Waals surface area contributed by atoms with E-state index in [1.165, 1.54) is 31.4 Å². The summed E-state index contributed by atoms with van der Waals surface area (Å²) in [4.78, 5) is 23.4. The standard InChI is InChI=1S/C17H14Cl2N2O4S/c1-8-3-4-9(16(23)24)7-13(8)20-17(26)21-15(22)10-5-11(18)14(25-2)12(19)6-10/h3-7H,1-2H3,(H,23,24)(H2,20,21,22,26). The third-order valence-electron chi connectivity index (χ3n) is 3.42. The Bertz CT molecular complexity index is 879. The van der Waals surface area contributed by atoms with Crippen LogP contribution in [0.3, 0.4) is 0 Å². The first-order valence-electron chi connectivity index (χ1n) is 7.22. The first-order chi connectivity index (χ1) is 12.2. The number of methoxy groups -OCH3 is 1. The highest BCUT2D eigenvalue weighted by Gasteiger charge is 2.15. The number of carboxylic acids is 1. The molecule has 9 heteroatoms. The zero-order chi connectivity index (χ0) is 19.4. The van der Waals surface area contributed by atoms with Crippen molar-refractivity contribution in [1.29, 1.82) is 0 Å². The monoisotopic (exact) mass is 412 g/mol. The molecular formula is C17H14Cl2N2O4S. The topological polar surface area (TPSA) is 87.7 Å². The smallest absolute Gasteiger partial charge is 0.335 e. The van der Waals surface area contributed by atoms with E-state index in [1.54, 1.807) is 13.0 Å². The van der Waals surface area contributed by atoms with Crippen molar-refractivity contribution >= 4 is 58.1 Å². The molecule has 26 heavy (non-hydrogen) atoms. The molecule has 2 aromatic carbocycles. The average Bonchev–Trinajstić information content (AvgIpc) is 2.56. The zero-order valence-corrected chi connectivity index (χ0v) is 16.1. The van der Waals surface area contributed by atoms with Gasteiger partial charge in [-0.05, 0) is 49.0 Å². The highest BCUT2D eigenvalue weighted by molar-refractivity contribution is 7.80. The molecule has 1 amide bonds. The Morgan fingerprint density at radius 2 is 1.73 bits per heavy atom. The number of aromatic carboxylic acids is 1. The average molecular weight is 413 g/mol. The van der Waals surface area contributed by atoms with E-state index in [1.807, 2.05) is 0 Å². The van der Waals surface area contributed by atoms with E-state index in [0.717, 1.165) is 5.56 Å². The Balaban J connectivity index is 2.14. The summed E-state index contributed by atoms with van der Waals surface area (Å²) in [5.74, 6) is -1.32. The Morgan fingerprint density at radius 3 is 2.27 bits per heavy atom. The molecule has 0 fully saturated rings. The number of rotatable bonds is 4. The second-order valence-corrected chi connectivity index (χ2v) is 6.44. The number of halogens is 2. The lowest BCUT2D eigenvalue weighted by Crippen LogP contribution is -2.34. The van der Waals surface area contributed by atoms with Crippen molar-refractivity contribution in [2.24, 2.45) is 0 Å². The minimum atomic E-state index is -1.06. The molecule has 0 radical (unpaired) electrons. The lowest BCUT2D eigenvalue weighted by molar-refractivity contribution is 0.0696. The van der Waals surface area contributed by atoms with Crippen LogP contribution in [0.2, 0.25) is 10.0 Å². The molecule has 0 aliphatic heterocycles. The number of carboxylic acid groups (broad SMARTS) is 1. The van der Waals surface area contributed by atoms with Gasteiger partial charge in [-0.25, -0.2) is 4.79 Å². The summed E-state index contributed by atoms with van der Waals surface area (Å²) in [5.41, 5.74) is 1.53. The molecule has 0 atom stereocenters. The summed E-state index contributed by atoms with van der Waals surface area (Å²) in [6.45, 7) is 1.78. The fourth-order valence-corrected chi connectivity index (χ4v) is 2.95. The van der Waals surface area contributed by atoms with Crippen LogP contribution >= 0.6 is 35.4 Å². The number of aryl methyl sites for hydroxylation is 1. The summed E-state index contributed by atoms with van der Waals surface area (Å²) < 4.78 is 5.03. The van der Waals surface area contributed by atoms with Gasteiger partial charge < -0.3 is 15.2 Å². The predicted molar refractivity (Wildman–Crippen MR) is 105 cm³/mol. The molecule has 2 aromatic rings. The van der Waals surface area contributed by atoms with E-state index < -0.39 is 11.9 Å². The fraction of sp³-hybridized carbons (Fsp3) is 0.118. The highest BCUT2D eigenvalue weighted by atomic mass is 35.5. The van der Waals surface area contributed by atoms with Gasteiger partial charge in [0.05, 0.1) is 22.7 Å². The van der Waals surface area contributed by atoms with Crippen LogP contribution in [0.25, 0.3) is 0 Å². The van der Waals surface area contributed by atoms with Crippen molar-refractivity contribution < 1.29 is 19.4 Å². The molecule has 0 saturated carbocycles. The molecule has 2 rings (SSSR count). The third kappa shape index (κ3) is 4.63. The van der Waals surface area contributed by atoms with Gasteiger partial charge in [0, 0.05) is 11.3 Å². The van der Waals surface area contributed by atoms with Crippen molar-refractivity contribution in [2.75, 3.05) is 12.4 Å². The number of ether oxygens (including phenoxy) is 1. The van der Waals surface area contributed by atoms with Crippen molar-refractivity contribution in [3.63, 3.8) is 0 Å². The van der Waals surface area contributed by atoms with Crippen molar-refractivity contribution in [1.82, 2.24) is 5.32 Å². The van der Waals surface area contributed by atoms with Crippen molar-refractivity contribution in [2.45, 2.75) is 6.92 Å². The number of hydrogen-bond acceptors (Lipinski definition) is 4. The molecular weight excluding hydrogens is 399 g/mol. The Hall–Kier alpha value is -2.35. The zero-order valence-electron chi connectivity index (χ0n) is 13.7. The molecule has 0 bridgehead atoms. The molecule has 0 aliphatic rings. The number of benzene rings is 2. The van der Waals surface area contributed by atoms with Gasteiger partial charge in [-0.1, -0.05) is 29.3 Å². The van der Waals surface area contributed by atoms with Gasteiger partial charge in [0.2, 0.25) is 0 Å². The molecule has 0 heterocycles. The normalized spacial score (nSPS) is 10.2. The lowest BCUT2D eigenvalue weighted by atomic mass is 10.1. The summed E-state index contributed by atoms with van der Waals surface area (Å²) in [6, 6.07) is 7.35. The van der Waals surface area contributed by atoms with Crippen LogP contribution in [-0.2, 0) is 0 Å². The summed E-state index contributed by atoms with van der Waals surface area (Å²) in [7, 11) is 1.42. The minimum Gasteiger partial charge on any atom is -0.494 e. The van der Waals surface area contributed by atoms with Gasteiger partial charge in [-0.15, -0.1) is 0 Å². The number of carbonyl (C=O) groups excluding carboxylic acids is 1. The molecule has 0 aromatic heterocycles. The van der Waals surface area contributed by atoms with E-state index in [0.29, 0.717) is 5.69 Å². The third-order valence-corrected chi connectivity index (χ3v) is 4.19. The first-order valence-corrected chi connectivity index (χ1v) is 8.38. The van der Waals surface area contributed by atoms with E-state index in [9.17, 15) is 9.59 Å². The van der Waals surface area contributed by atoms with Crippen LogP contribution < -0.4 is 15.4 Å². The van der Waals surface area contributed by atoms with Crippen molar-refractivity contribution in [3.8, 4) is 5.75 Å². The number of nitrogens with one attached hydrogen (secondary N) is 2. The number of anilines is 1. The number of thiocarbonyl (C=S) groups is 1. The second-order valence-electron chi connectivity index (χ2n) is 5.22. The Labute approximate surface area is 165 Å². The van der Waals surface area contributed by atoms with Crippen molar-refractivity contribution in [3.05, 3.63) is 57.1 Å². The van der Waals surface area contributed by atoms with Crippen LogP contribution in [0.1, 0.15) is 26.3 Å². The second kappa shape index (κ2) is 8.35. The van der Waals surface area contributed by atoms with Crippen LogP contribution in [0.4, 0.5) is 5.69 Å². The van der Waals surface area contributed by atoms with Gasteiger partial charge in [0.1, 0.15) is 0 Å². The minimum absolute atomic E-state index is 0.00343. The number of hydrogen-bond donors (Lipinski definition) is 3. The molecule has 0 unspecified atom stereocenters.